The lowest BCUT2D eigenvalue weighted by atomic mass is 10.2. The molecule has 3 aromatic rings. The summed E-state index contributed by atoms with van der Waals surface area (Å²) in [6.07, 6.45) is 6.03. The minimum Gasteiger partial charge on any atom is -0.368 e. The number of hydrogen-bond acceptors (Lipinski definition) is 3. The van der Waals surface area contributed by atoms with Gasteiger partial charge in [0.2, 0.25) is 0 Å². The molecule has 21 heavy (non-hydrogen) atoms. The number of benzene rings is 1. The van der Waals surface area contributed by atoms with Crippen LogP contribution in [0.2, 0.25) is 10.0 Å². The van der Waals surface area contributed by atoms with Crippen LogP contribution in [0.15, 0.2) is 30.5 Å². The van der Waals surface area contributed by atoms with Crippen molar-refractivity contribution in [2.45, 2.75) is 6.42 Å². The Morgan fingerprint density at radius 1 is 1.14 bits per heavy atom. The lowest BCUT2D eigenvalue weighted by molar-refractivity contribution is 0.617. The maximum absolute atomic E-state index is 6.28. The normalized spacial score (nSPS) is 14.5. The van der Waals surface area contributed by atoms with E-state index in [-0.39, 0.29) is 0 Å². The van der Waals surface area contributed by atoms with Gasteiger partial charge < -0.3 is 4.90 Å². The largest absolute Gasteiger partial charge is 0.368 e. The first-order valence-corrected chi connectivity index (χ1v) is 7.45. The van der Waals surface area contributed by atoms with Gasteiger partial charge >= 0.3 is 0 Å². The van der Waals surface area contributed by atoms with E-state index >= 15 is 0 Å². The van der Waals surface area contributed by atoms with Crippen molar-refractivity contribution in [3.05, 3.63) is 46.7 Å². The molecule has 2 aromatic heterocycles. The Hall–Kier alpha value is -1.78. The van der Waals surface area contributed by atoms with Crippen LogP contribution in [0.4, 0.5) is 5.69 Å². The molecule has 1 aromatic carbocycles. The van der Waals surface area contributed by atoms with Gasteiger partial charge in [-0.25, -0.2) is 9.50 Å². The molecule has 1 aliphatic heterocycles. The van der Waals surface area contributed by atoms with Crippen LogP contribution in [0.25, 0.3) is 16.9 Å². The highest BCUT2D eigenvalue weighted by molar-refractivity contribution is 6.36. The van der Waals surface area contributed by atoms with Gasteiger partial charge in [-0.2, -0.15) is 5.10 Å². The van der Waals surface area contributed by atoms with Crippen molar-refractivity contribution in [2.24, 2.45) is 0 Å². The molecule has 4 nitrogen and oxygen atoms in total. The first kappa shape index (κ1) is 12.9. The summed E-state index contributed by atoms with van der Waals surface area (Å²) >= 11 is 12.2. The van der Waals surface area contributed by atoms with Crippen LogP contribution < -0.4 is 4.90 Å². The van der Waals surface area contributed by atoms with Gasteiger partial charge in [-0.05, 0) is 30.7 Å². The Bertz CT molecular complexity index is 824. The van der Waals surface area contributed by atoms with E-state index < -0.39 is 0 Å². The summed E-state index contributed by atoms with van der Waals surface area (Å²) in [5, 5.41) is 5.56. The number of imidazole rings is 1. The first-order valence-electron chi connectivity index (χ1n) is 6.70. The van der Waals surface area contributed by atoms with Crippen LogP contribution in [0.3, 0.4) is 0 Å². The highest BCUT2D eigenvalue weighted by Gasteiger charge is 2.20. The minimum atomic E-state index is 0.566. The molecule has 6 heteroatoms. The third-order valence-electron chi connectivity index (χ3n) is 3.71. The molecule has 3 heterocycles. The smallest absolute Gasteiger partial charge is 0.178 e. The third kappa shape index (κ3) is 2.06. The van der Waals surface area contributed by atoms with E-state index in [2.05, 4.69) is 21.2 Å². The van der Waals surface area contributed by atoms with Gasteiger partial charge in [0.1, 0.15) is 11.9 Å². The van der Waals surface area contributed by atoms with E-state index in [1.54, 1.807) is 22.8 Å². The van der Waals surface area contributed by atoms with Gasteiger partial charge in [-0.3, -0.25) is 0 Å². The van der Waals surface area contributed by atoms with E-state index in [0.717, 1.165) is 35.7 Å². The molecule has 0 spiro atoms. The maximum atomic E-state index is 6.28. The van der Waals surface area contributed by atoms with E-state index in [4.69, 9.17) is 23.2 Å². The van der Waals surface area contributed by atoms with Crippen molar-refractivity contribution < 1.29 is 0 Å². The summed E-state index contributed by atoms with van der Waals surface area (Å²) < 4.78 is 1.78. The number of hydrogen-bond donors (Lipinski definition) is 0. The number of halogens is 2. The molecule has 0 bridgehead atoms. The summed E-state index contributed by atoms with van der Waals surface area (Å²) in [6, 6.07) is 7.37. The summed E-state index contributed by atoms with van der Waals surface area (Å²) in [7, 11) is 0. The van der Waals surface area contributed by atoms with Crippen LogP contribution >= 0.6 is 23.2 Å². The van der Waals surface area contributed by atoms with Crippen LogP contribution in [-0.2, 0) is 0 Å². The lowest BCUT2D eigenvalue weighted by Gasteiger charge is -2.32. The zero-order valence-electron chi connectivity index (χ0n) is 11.1. The van der Waals surface area contributed by atoms with Gasteiger partial charge in [0.05, 0.1) is 16.9 Å². The average Bonchev–Trinajstić information content (AvgIpc) is 2.82. The van der Waals surface area contributed by atoms with Crippen LogP contribution in [-0.4, -0.2) is 27.7 Å². The summed E-state index contributed by atoms with van der Waals surface area (Å²) in [6.45, 7) is 2.12. The standard InChI is InChI=1S/C15H11Cl2N4/c16-10-2-3-11(12(17)8-10)14-9-18-15-13(20-6-1-7-20)4-5-19-21(14)15/h2-5,8H,1,6-7H2. The fourth-order valence-corrected chi connectivity index (χ4v) is 2.99. The Kier molecular flexibility index (Phi) is 3.01. The Labute approximate surface area is 131 Å². The molecule has 1 aliphatic rings. The van der Waals surface area contributed by atoms with Crippen molar-refractivity contribution in [1.29, 1.82) is 0 Å². The van der Waals surface area contributed by atoms with E-state index in [1.165, 1.54) is 6.42 Å². The van der Waals surface area contributed by atoms with E-state index in [0.29, 0.717) is 10.0 Å². The molecule has 1 radical (unpaired) electrons. The van der Waals surface area contributed by atoms with E-state index in [1.807, 2.05) is 12.1 Å². The zero-order chi connectivity index (χ0) is 14.4. The lowest BCUT2D eigenvalue weighted by Crippen LogP contribution is -2.37. The fourth-order valence-electron chi connectivity index (χ4n) is 2.49. The predicted molar refractivity (Wildman–Crippen MR) is 84.1 cm³/mol. The molecule has 0 amide bonds. The van der Waals surface area contributed by atoms with Crippen molar-refractivity contribution in [1.82, 2.24) is 14.6 Å². The summed E-state index contributed by atoms with van der Waals surface area (Å²) in [5.74, 6) is 0. The number of rotatable bonds is 2. The Morgan fingerprint density at radius 3 is 2.71 bits per heavy atom. The maximum Gasteiger partial charge on any atom is 0.178 e. The van der Waals surface area contributed by atoms with Crippen LogP contribution in [0.5, 0.6) is 0 Å². The highest BCUT2D eigenvalue weighted by atomic mass is 35.5. The molecule has 0 aliphatic carbocycles. The Balaban J connectivity index is 1.90. The van der Waals surface area contributed by atoms with Crippen LogP contribution in [0, 0.1) is 6.20 Å². The summed E-state index contributed by atoms with van der Waals surface area (Å²) in [4.78, 5) is 6.69. The molecule has 1 saturated heterocycles. The molecular formula is C15H11Cl2N4. The summed E-state index contributed by atoms with van der Waals surface area (Å²) in [5.41, 5.74) is 3.46. The Morgan fingerprint density at radius 2 is 2.00 bits per heavy atom. The molecule has 1 fully saturated rings. The van der Waals surface area contributed by atoms with Crippen molar-refractivity contribution >= 4 is 34.5 Å². The quantitative estimate of drug-likeness (QED) is 0.722. The second-order valence-corrected chi connectivity index (χ2v) is 5.83. The number of nitrogens with zero attached hydrogens (tertiary/aromatic N) is 4. The van der Waals surface area contributed by atoms with Gasteiger partial charge in [-0.1, -0.05) is 23.2 Å². The van der Waals surface area contributed by atoms with Crippen LogP contribution in [0.1, 0.15) is 6.42 Å². The third-order valence-corrected chi connectivity index (χ3v) is 4.25. The molecule has 0 N–H and O–H groups in total. The van der Waals surface area contributed by atoms with Gasteiger partial charge in [-0.15, -0.1) is 0 Å². The second-order valence-electron chi connectivity index (χ2n) is 4.99. The molecule has 4 rings (SSSR count). The number of anilines is 1. The van der Waals surface area contributed by atoms with Crippen molar-refractivity contribution in [3.8, 4) is 11.3 Å². The molecular weight excluding hydrogens is 307 g/mol. The average molecular weight is 318 g/mol. The predicted octanol–water partition coefficient (Wildman–Crippen LogP) is 3.71. The van der Waals surface area contributed by atoms with Crippen molar-refractivity contribution in [2.75, 3.05) is 18.0 Å². The van der Waals surface area contributed by atoms with Gasteiger partial charge in [0.15, 0.2) is 5.65 Å². The van der Waals surface area contributed by atoms with Gasteiger partial charge in [0, 0.05) is 23.7 Å². The fraction of sp³-hybridized carbons (Fsp3) is 0.200. The zero-order valence-corrected chi connectivity index (χ0v) is 12.6. The van der Waals surface area contributed by atoms with Gasteiger partial charge in [0.25, 0.3) is 0 Å². The van der Waals surface area contributed by atoms with E-state index in [9.17, 15) is 0 Å². The monoisotopic (exact) mass is 317 g/mol. The molecule has 0 saturated carbocycles. The second kappa shape index (κ2) is 4.90. The minimum absolute atomic E-state index is 0.566. The number of fused-ring (bicyclic) bond motifs is 1. The number of aromatic nitrogens is 3. The molecule has 0 unspecified atom stereocenters. The van der Waals surface area contributed by atoms with Crippen molar-refractivity contribution in [3.63, 3.8) is 0 Å². The SMILES string of the molecule is Clc1ccc(-c2[c]nc3c(N4CCC4)ccnn23)c(Cl)c1. The first-order chi connectivity index (χ1) is 10.2. The molecule has 0 atom stereocenters. The topological polar surface area (TPSA) is 33.4 Å². The highest BCUT2D eigenvalue weighted by Crippen LogP contribution is 2.32. The molecule has 105 valence electrons.